The molecule has 0 N–H and O–H groups in total. The summed E-state index contributed by atoms with van der Waals surface area (Å²) in [6.07, 6.45) is 7.08. The van der Waals surface area contributed by atoms with E-state index in [1.54, 1.807) is 0 Å². The molecule has 0 fully saturated rings. The molecule has 1 heterocycles. The van der Waals surface area contributed by atoms with E-state index in [4.69, 9.17) is 0 Å². The zero-order chi connectivity index (χ0) is 22.5. The van der Waals surface area contributed by atoms with E-state index in [9.17, 15) is 0 Å². The first-order valence-corrected chi connectivity index (χ1v) is 12.1. The molecule has 1 aliphatic heterocycles. The second kappa shape index (κ2) is 7.78. The lowest BCUT2D eigenvalue weighted by molar-refractivity contribution is 0.985. The van der Waals surface area contributed by atoms with Crippen molar-refractivity contribution in [3.8, 4) is 0 Å². The molecule has 7 rings (SSSR count). The summed E-state index contributed by atoms with van der Waals surface area (Å²) < 4.78 is 0. The molecule has 0 saturated carbocycles. The number of rotatable bonds is 2. The van der Waals surface area contributed by atoms with Gasteiger partial charge in [0.2, 0.25) is 6.71 Å². The van der Waals surface area contributed by atoms with Crippen molar-refractivity contribution < 1.29 is 0 Å². The quantitative estimate of drug-likeness (QED) is 0.274. The fourth-order valence-electron chi connectivity index (χ4n) is 5.74. The Morgan fingerprint density at radius 2 is 1.21 bits per heavy atom. The zero-order valence-corrected chi connectivity index (χ0v) is 19.0. The van der Waals surface area contributed by atoms with E-state index >= 15 is 0 Å². The first-order valence-electron chi connectivity index (χ1n) is 12.1. The lowest BCUT2D eigenvalue weighted by Gasteiger charge is -2.40. The standard InChI is InChI=1S/C32H24BN/c1-3-11-25-21-27(19-17-23(25)9-1)33-29-13-5-7-15-31(29)34(32-16-8-6-14-30(32)33)28-20-18-24-10-2-4-12-26(24)22-28/h1-5,7,9-22H,6,8H2. The molecule has 2 heteroatoms. The number of anilines is 2. The van der Waals surface area contributed by atoms with Crippen LogP contribution in [0.4, 0.5) is 11.4 Å². The minimum Gasteiger partial charge on any atom is -0.312 e. The summed E-state index contributed by atoms with van der Waals surface area (Å²) in [5, 5.41) is 5.15. The SMILES string of the molecule is C1=C2B(c3ccc4ccccc4c3)c3ccccc3N(c3ccc4ccccc4c3)C2=CCC1. The summed E-state index contributed by atoms with van der Waals surface area (Å²) >= 11 is 0. The molecule has 0 aromatic heterocycles. The highest BCUT2D eigenvalue weighted by Gasteiger charge is 2.37. The van der Waals surface area contributed by atoms with Crippen LogP contribution in [0.3, 0.4) is 0 Å². The van der Waals surface area contributed by atoms with E-state index in [0.717, 1.165) is 12.8 Å². The Hall–Kier alpha value is -4.04. The Morgan fingerprint density at radius 1 is 0.559 bits per heavy atom. The molecule has 160 valence electrons. The summed E-state index contributed by atoms with van der Waals surface area (Å²) in [6.45, 7) is 0.240. The van der Waals surface area contributed by atoms with E-state index in [1.165, 1.54) is 55.0 Å². The van der Waals surface area contributed by atoms with Crippen LogP contribution >= 0.6 is 0 Å². The Labute approximate surface area is 200 Å². The third-order valence-electron chi connectivity index (χ3n) is 7.30. The largest absolute Gasteiger partial charge is 0.312 e. The molecule has 1 nitrogen and oxygen atoms in total. The molecule has 0 radical (unpaired) electrons. The van der Waals surface area contributed by atoms with Crippen molar-refractivity contribution in [1.29, 1.82) is 0 Å². The smallest absolute Gasteiger partial charge is 0.246 e. The van der Waals surface area contributed by atoms with E-state index < -0.39 is 0 Å². The molecule has 0 saturated heterocycles. The summed E-state index contributed by atoms with van der Waals surface area (Å²) in [5.74, 6) is 0. The molecular weight excluding hydrogens is 409 g/mol. The molecule has 2 aliphatic rings. The predicted molar refractivity (Wildman–Crippen MR) is 147 cm³/mol. The van der Waals surface area contributed by atoms with Crippen molar-refractivity contribution >= 4 is 50.6 Å². The van der Waals surface area contributed by atoms with Crippen LogP contribution in [0.2, 0.25) is 0 Å². The van der Waals surface area contributed by atoms with Crippen LogP contribution in [0.1, 0.15) is 12.8 Å². The van der Waals surface area contributed by atoms with Gasteiger partial charge in [-0.15, -0.1) is 0 Å². The van der Waals surface area contributed by atoms with Gasteiger partial charge in [0, 0.05) is 17.1 Å². The maximum atomic E-state index is 2.48. The maximum absolute atomic E-state index is 2.48. The topological polar surface area (TPSA) is 3.24 Å². The van der Waals surface area contributed by atoms with Gasteiger partial charge in [0.25, 0.3) is 0 Å². The average molecular weight is 433 g/mol. The lowest BCUT2D eigenvalue weighted by atomic mass is 9.33. The highest BCUT2D eigenvalue weighted by atomic mass is 15.2. The third kappa shape index (κ3) is 3.03. The van der Waals surface area contributed by atoms with Gasteiger partial charge in [0.05, 0.1) is 0 Å². The summed E-state index contributed by atoms with van der Waals surface area (Å²) in [7, 11) is 0. The summed E-state index contributed by atoms with van der Waals surface area (Å²) in [6, 6.07) is 40.1. The number of hydrogen-bond donors (Lipinski definition) is 0. The van der Waals surface area contributed by atoms with Gasteiger partial charge in [-0.1, -0.05) is 109 Å². The van der Waals surface area contributed by atoms with Crippen molar-refractivity contribution in [2.24, 2.45) is 0 Å². The van der Waals surface area contributed by atoms with E-state index in [0.29, 0.717) is 0 Å². The molecule has 5 aromatic carbocycles. The average Bonchev–Trinajstić information content (AvgIpc) is 2.91. The number of hydrogen-bond acceptors (Lipinski definition) is 1. The van der Waals surface area contributed by atoms with Crippen LogP contribution in [0.25, 0.3) is 21.5 Å². The van der Waals surface area contributed by atoms with Crippen LogP contribution in [0.5, 0.6) is 0 Å². The van der Waals surface area contributed by atoms with Crippen molar-refractivity contribution in [3.63, 3.8) is 0 Å². The molecule has 0 spiro atoms. The van der Waals surface area contributed by atoms with Crippen molar-refractivity contribution in [2.45, 2.75) is 12.8 Å². The Bertz CT molecular complexity index is 1500. The number of para-hydroxylation sites is 1. The Morgan fingerprint density at radius 3 is 2.03 bits per heavy atom. The van der Waals surface area contributed by atoms with Crippen molar-refractivity contribution in [2.75, 3.05) is 4.90 Å². The van der Waals surface area contributed by atoms with Crippen molar-refractivity contribution in [3.05, 3.63) is 133 Å². The van der Waals surface area contributed by atoms with Gasteiger partial charge in [-0.25, -0.2) is 0 Å². The number of benzene rings is 5. The highest BCUT2D eigenvalue weighted by molar-refractivity contribution is 6.93. The predicted octanol–water partition coefficient (Wildman–Crippen LogP) is 6.90. The second-order valence-corrected chi connectivity index (χ2v) is 9.29. The Kier molecular flexibility index (Phi) is 4.45. The minimum atomic E-state index is 0.240. The van der Waals surface area contributed by atoms with E-state index in [2.05, 4.69) is 126 Å². The van der Waals surface area contributed by atoms with Gasteiger partial charge in [-0.2, -0.15) is 0 Å². The first-order chi connectivity index (χ1) is 16.9. The van der Waals surface area contributed by atoms with E-state index in [1.807, 2.05) is 0 Å². The first kappa shape index (κ1) is 19.4. The fraction of sp³-hybridized carbons (Fsp3) is 0.0625. The second-order valence-electron chi connectivity index (χ2n) is 9.29. The molecule has 34 heavy (non-hydrogen) atoms. The zero-order valence-electron chi connectivity index (χ0n) is 19.0. The molecule has 0 unspecified atom stereocenters. The lowest BCUT2D eigenvalue weighted by Crippen LogP contribution is -2.52. The third-order valence-corrected chi connectivity index (χ3v) is 7.30. The molecule has 0 bridgehead atoms. The van der Waals surface area contributed by atoms with Crippen LogP contribution in [-0.4, -0.2) is 6.71 Å². The number of fused-ring (bicyclic) bond motifs is 4. The molecular formula is C32H24BN. The van der Waals surface area contributed by atoms with Crippen LogP contribution in [0, 0.1) is 0 Å². The van der Waals surface area contributed by atoms with Crippen LogP contribution in [0.15, 0.2) is 133 Å². The molecule has 0 amide bonds. The molecule has 1 aliphatic carbocycles. The minimum absolute atomic E-state index is 0.240. The van der Waals surface area contributed by atoms with Gasteiger partial charge < -0.3 is 4.90 Å². The number of nitrogens with zero attached hydrogens (tertiary/aromatic N) is 1. The normalized spacial score (nSPS) is 15.1. The summed E-state index contributed by atoms with van der Waals surface area (Å²) in [4.78, 5) is 2.48. The monoisotopic (exact) mass is 433 g/mol. The molecule has 0 atom stereocenters. The fourth-order valence-corrected chi connectivity index (χ4v) is 5.74. The van der Waals surface area contributed by atoms with Crippen LogP contribution < -0.4 is 15.8 Å². The number of allylic oxidation sites excluding steroid dienone is 3. The van der Waals surface area contributed by atoms with Gasteiger partial charge in [0.1, 0.15) is 0 Å². The van der Waals surface area contributed by atoms with Crippen LogP contribution in [-0.2, 0) is 0 Å². The van der Waals surface area contributed by atoms with Crippen molar-refractivity contribution in [1.82, 2.24) is 0 Å². The Balaban J connectivity index is 1.45. The maximum Gasteiger partial charge on any atom is 0.246 e. The van der Waals surface area contributed by atoms with Gasteiger partial charge in [-0.3, -0.25) is 0 Å². The van der Waals surface area contributed by atoms with E-state index in [-0.39, 0.29) is 6.71 Å². The van der Waals surface area contributed by atoms with Gasteiger partial charge in [0.15, 0.2) is 0 Å². The highest BCUT2D eigenvalue weighted by Crippen LogP contribution is 2.40. The van der Waals surface area contributed by atoms with Gasteiger partial charge >= 0.3 is 0 Å². The van der Waals surface area contributed by atoms with Gasteiger partial charge in [-0.05, 0) is 63.5 Å². The molecule has 5 aromatic rings. The summed E-state index contributed by atoms with van der Waals surface area (Å²) in [5.41, 5.74) is 8.00.